The molecule has 1 aromatic rings. The van der Waals surface area contributed by atoms with Crippen LogP contribution in [0, 0.1) is 11.8 Å². The van der Waals surface area contributed by atoms with Crippen LogP contribution in [0.2, 0.25) is 0 Å². The van der Waals surface area contributed by atoms with E-state index in [2.05, 4.69) is 12.0 Å². The van der Waals surface area contributed by atoms with Gasteiger partial charge in [0.1, 0.15) is 0 Å². The van der Waals surface area contributed by atoms with Gasteiger partial charge < -0.3 is 10.0 Å². The normalized spacial score (nSPS) is 26.0. The second-order valence-electron chi connectivity index (χ2n) is 7.19. The summed E-state index contributed by atoms with van der Waals surface area (Å²) in [5, 5.41) is 14.8. The van der Waals surface area contributed by atoms with Crippen LogP contribution in [0.25, 0.3) is 0 Å². The molecule has 1 aliphatic carbocycles. The van der Waals surface area contributed by atoms with E-state index in [-0.39, 0.29) is 17.9 Å². The van der Waals surface area contributed by atoms with Gasteiger partial charge in [0.15, 0.2) is 0 Å². The molecule has 2 heterocycles. The molecule has 23 heavy (non-hydrogen) atoms. The fourth-order valence-electron chi connectivity index (χ4n) is 4.22. The van der Waals surface area contributed by atoms with Gasteiger partial charge in [0.25, 0.3) is 0 Å². The zero-order valence-electron chi connectivity index (χ0n) is 14.4. The molecule has 2 fully saturated rings. The standard InChI is InChI=1S/C18H29N3O2/c1-3-14-10-15(20(2)19-14)11-18(23)21-9-8-17(22)16(12-21)13-6-4-5-7-13/h10,13,16-17,22H,3-9,11-12H2,1-2H3/t16-,17+/m0/s1. The first-order valence-corrected chi connectivity index (χ1v) is 9.06. The molecule has 1 saturated carbocycles. The maximum atomic E-state index is 12.7. The van der Waals surface area contributed by atoms with Gasteiger partial charge in [-0.2, -0.15) is 5.10 Å². The van der Waals surface area contributed by atoms with E-state index in [9.17, 15) is 9.90 Å². The summed E-state index contributed by atoms with van der Waals surface area (Å²) in [5.74, 6) is 1.04. The average Bonchev–Trinajstić information content (AvgIpc) is 3.18. The Morgan fingerprint density at radius 2 is 2.09 bits per heavy atom. The second-order valence-corrected chi connectivity index (χ2v) is 7.19. The highest BCUT2D eigenvalue weighted by Gasteiger charge is 2.36. The first-order valence-electron chi connectivity index (χ1n) is 9.06. The number of nitrogens with zero attached hydrogens (tertiary/aromatic N) is 3. The second kappa shape index (κ2) is 7.04. The molecule has 3 rings (SSSR count). The number of aliphatic hydroxyl groups excluding tert-OH is 1. The maximum absolute atomic E-state index is 12.7. The van der Waals surface area contributed by atoms with E-state index in [0.717, 1.165) is 30.8 Å². The van der Waals surface area contributed by atoms with Gasteiger partial charge in [-0.3, -0.25) is 9.48 Å². The van der Waals surface area contributed by atoms with E-state index in [1.807, 2.05) is 22.7 Å². The van der Waals surface area contributed by atoms with Gasteiger partial charge in [-0.25, -0.2) is 0 Å². The molecule has 128 valence electrons. The van der Waals surface area contributed by atoms with Crippen molar-refractivity contribution in [3.63, 3.8) is 0 Å². The lowest BCUT2D eigenvalue weighted by molar-refractivity contribution is -0.135. The van der Waals surface area contributed by atoms with Gasteiger partial charge in [-0.15, -0.1) is 0 Å². The molecule has 0 spiro atoms. The van der Waals surface area contributed by atoms with Gasteiger partial charge in [-0.1, -0.05) is 32.6 Å². The molecule has 1 saturated heterocycles. The predicted octanol–water partition coefficient (Wildman–Crippen LogP) is 1.92. The molecule has 2 aliphatic rings. The van der Waals surface area contributed by atoms with Gasteiger partial charge in [0, 0.05) is 31.7 Å². The third kappa shape index (κ3) is 3.60. The molecular formula is C18H29N3O2. The van der Waals surface area contributed by atoms with Gasteiger partial charge in [-0.05, 0) is 24.8 Å². The summed E-state index contributed by atoms with van der Waals surface area (Å²) in [6, 6.07) is 2.03. The average molecular weight is 319 g/mol. The molecule has 1 N–H and O–H groups in total. The molecule has 5 nitrogen and oxygen atoms in total. The van der Waals surface area contributed by atoms with Gasteiger partial charge in [0.2, 0.25) is 5.91 Å². The Bertz CT molecular complexity index is 548. The zero-order valence-corrected chi connectivity index (χ0v) is 14.4. The molecule has 1 aromatic heterocycles. The number of aryl methyl sites for hydroxylation is 2. The fourth-order valence-corrected chi connectivity index (χ4v) is 4.22. The number of hydrogen-bond donors (Lipinski definition) is 1. The minimum atomic E-state index is -0.231. The van der Waals surface area contributed by atoms with Crippen molar-refractivity contribution in [2.45, 2.75) is 58.0 Å². The number of hydrogen-bond acceptors (Lipinski definition) is 3. The Kier molecular flexibility index (Phi) is 5.05. The minimum Gasteiger partial charge on any atom is -0.393 e. The van der Waals surface area contributed by atoms with E-state index in [1.54, 1.807) is 0 Å². The summed E-state index contributed by atoms with van der Waals surface area (Å²) in [6.45, 7) is 3.48. The number of amides is 1. The topological polar surface area (TPSA) is 58.4 Å². The van der Waals surface area contributed by atoms with Crippen LogP contribution in [-0.2, 0) is 24.7 Å². The Morgan fingerprint density at radius 1 is 1.35 bits per heavy atom. The van der Waals surface area contributed by atoms with Crippen LogP contribution in [0.15, 0.2) is 6.07 Å². The first kappa shape index (κ1) is 16.5. The Morgan fingerprint density at radius 3 is 2.74 bits per heavy atom. The van der Waals surface area contributed by atoms with Gasteiger partial charge >= 0.3 is 0 Å². The summed E-state index contributed by atoms with van der Waals surface area (Å²) in [6.07, 6.45) is 6.77. The van der Waals surface area contributed by atoms with Crippen molar-refractivity contribution in [1.82, 2.24) is 14.7 Å². The van der Waals surface area contributed by atoms with Crippen molar-refractivity contribution < 1.29 is 9.90 Å². The van der Waals surface area contributed by atoms with E-state index in [1.165, 1.54) is 25.7 Å². The largest absolute Gasteiger partial charge is 0.393 e. The molecular weight excluding hydrogens is 290 g/mol. The SMILES string of the molecule is CCc1cc(CC(=O)N2CC[C@@H](O)[C@H](C3CCCC3)C2)n(C)n1. The van der Waals surface area contributed by atoms with E-state index >= 15 is 0 Å². The van der Waals surface area contributed by atoms with Crippen molar-refractivity contribution in [3.05, 3.63) is 17.5 Å². The summed E-state index contributed by atoms with van der Waals surface area (Å²) < 4.78 is 1.82. The van der Waals surface area contributed by atoms with E-state index in [0.29, 0.717) is 18.9 Å². The summed E-state index contributed by atoms with van der Waals surface area (Å²) >= 11 is 0. The van der Waals surface area contributed by atoms with Gasteiger partial charge in [0.05, 0.1) is 18.2 Å². The Labute approximate surface area is 138 Å². The number of rotatable bonds is 4. The van der Waals surface area contributed by atoms with Crippen molar-refractivity contribution in [2.24, 2.45) is 18.9 Å². The van der Waals surface area contributed by atoms with Crippen molar-refractivity contribution in [1.29, 1.82) is 0 Å². The maximum Gasteiger partial charge on any atom is 0.228 e. The molecule has 0 bridgehead atoms. The Hall–Kier alpha value is -1.36. The zero-order chi connectivity index (χ0) is 16.4. The number of aliphatic hydroxyl groups is 1. The highest BCUT2D eigenvalue weighted by molar-refractivity contribution is 5.78. The molecule has 5 heteroatoms. The molecule has 0 radical (unpaired) electrons. The number of carbonyl (C=O) groups is 1. The van der Waals surface area contributed by atoms with Crippen LogP contribution < -0.4 is 0 Å². The summed E-state index contributed by atoms with van der Waals surface area (Å²) in [4.78, 5) is 14.7. The number of likely N-dealkylation sites (tertiary alicyclic amines) is 1. The van der Waals surface area contributed by atoms with Crippen LogP contribution >= 0.6 is 0 Å². The molecule has 0 aromatic carbocycles. The van der Waals surface area contributed by atoms with Crippen LogP contribution in [-0.4, -0.2) is 44.9 Å². The number of carbonyl (C=O) groups excluding carboxylic acids is 1. The number of piperidine rings is 1. The third-order valence-corrected chi connectivity index (χ3v) is 5.70. The smallest absolute Gasteiger partial charge is 0.228 e. The number of aromatic nitrogens is 2. The third-order valence-electron chi connectivity index (χ3n) is 5.70. The van der Waals surface area contributed by atoms with Crippen molar-refractivity contribution in [2.75, 3.05) is 13.1 Å². The van der Waals surface area contributed by atoms with Crippen LogP contribution in [0.3, 0.4) is 0 Å². The summed E-state index contributed by atoms with van der Waals surface area (Å²) in [5.41, 5.74) is 2.02. The highest BCUT2D eigenvalue weighted by atomic mass is 16.3. The lowest BCUT2D eigenvalue weighted by atomic mass is 9.82. The van der Waals surface area contributed by atoms with Crippen LogP contribution in [0.1, 0.15) is 50.4 Å². The minimum absolute atomic E-state index is 0.172. The molecule has 2 atom stereocenters. The monoisotopic (exact) mass is 319 g/mol. The highest BCUT2D eigenvalue weighted by Crippen LogP contribution is 2.36. The molecule has 1 amide bonds. The summed E-state index contributed by atoms with van der Waals surface area (Å²) in [7, 11) is 1.91. The van der Waals surface area contributed by atoms with E-state index < -0.39 is 0 Å². The Balaban J connectivity index is 1.63. The molecule has 0 unspecified atom stereocenters. The van der Waals surface area contributed by atoms with Crippen molar-refractivity contribution in [3.8, 4) is 0 Å². The quantitative estimate of drug-likeness (QED) is 0.922. The predicted molar refractivity (Wildman–Crippen MR) is 88.9 cm³/mol. The van der Waals surface area contributed by atoms with Crippen LogP contribution in [0.4, 0.5) is 0 Å². The molecule has 1 aliphatic heterocycles. The van der Waals surface area contributed by atoms with E-state index in [4.69, 9.17) is 0 Å². The lowest BCUT2D eigenvalue weighted by Gasteiger charge is -2.39. The van der Waals surface area contributed by atoms with Crippen molar-refractivity contribution >= 4 is 5.91 Å². The van der Waals surface area contributed by atoms with Crippen LogP contribution in [0.5, 0.6) is 0 Å². The fraction of sp³-hybridized carbons (Fsp3) is 0.778. The first-order chi connectivity index (χ1) is 11.1. The lowest BCUT2D eigenvalue weighted by Crippen LogP contribution is -2.48.